The molecular weight excluding hydrogens is 332 g/mol. The molecule has 0 unspecified atom stereocenters. The number of carbonyl (C=O) groups excluding carboxylic acids is 1. The molecule has 0 aromatic carbocycles. The Kier molecular flexibility index (Phi) is 6.15. The second-order valence-corrected chi connectivity index (χ2v) is 7.94. The number of rotatable bonds is 6. The average Bonchev–Trinajstić information content (AvgIpc) is 3.14. The number of hydrogen-bond acceptors (Lipinski definition) is 5. The molecule has 1 aliphatic heterocycles. The highest BCUT2D eigenvalue weighted by Crippen LogP contribution is 2.31. The van der Waals surface area contributed by atoms with Crippen molar-refractivity contribution in [3.8, 4) is 0 Å². The highest BCUT2D eigenvalue weighted by Gasteiger charge is 2.31. The predicted molar refractivity (Wildman–Crippen MR) is 100 cm³/mol. The molecule has 0 bridgehead atoms. The van der Waals surface area contributed by atoms with Gasteiger partial charge < -0.3 is 5.32 Å². The lowest BCUT2D eigenvalue weighted by molar-refractivity contribution is -0.125. The smallest absolute Gasteiger partial charge is 0.223 e. The average molecular weight is 359 g/mol. The summed E-state index contributed by atoms with van der Waals surface area (Å²) >= 11 is 1.63. The molecule has 1 fully saturated rings. The van der Waals surface area contributed by atoms with Crippen molar-refractivity contribution in [2.24, 2.45) is 11.8 Å². The van der Waals surface area contributed by atoms with E-state index in [1.165, 1.54) is 5.56 Å². The molecule has 1 aliphatic rings. The lowest BCUT2D eigenvalue weighted by Crippen LogP contribution is -2.43. The first kappa shape index (κ1) is 18.0. The van der Waals surface area contributed by atoms with Gasteiger partial charge in [0.05, 0.1) is 6.04 Å². The largest absolute Gasteiger partial charge is 0.346 e. The quantitative estimate of drug-likeness (QED) is 0.861. The van der Waals surface area contributed by atoms with Crippen molar-refractivity contribution in [2.45, 2.75) is 39.3 Å². The summed E-state index contributed by atoms with van der Waals surface area (Å²) < 4.78 is 0. The van der Waals surface area contributed by atoms with Crippen molar-refractivity contribution >= 4 is 17.2 Å². The zero-order valence-corrected chi connectivity index (χ0v) is 15.7. The summed E-state index contributed by atoms with van der Waals surface area (Å²) in [4.78, 5) is 23.5. The first-order chi connectivity index (χ1) is 12.1. The van der Waals surface area contributed by atoms with E-state index in [4.69, 9.17) is 0 Å². The number of hydrogen-bond donors (Lipinski definition) is 1. The van der Waals surface area contributed by atoms with Gasteiger partial charge in [-0.15, -0.1) is 11.3 Å². The van der Waals surface area contributed by atoms with E-state index in [1.54, 1.807) is 11.3 Å². The molecule has 2 aromatic heterocycles. The second-order valence-electron chi connectivity index (χ2n) is 7.01. The van der Waals surface area contributed by atoms with Crippen LogP contribution in [0.1, 0.15) is 43.3 Å². The van der Waals surface area contributed by atoms with E-state index in [-0.39, 0.29) is 17.9 Å². The van der Waals surface area contributed by atoms with Crippen molar-refractivity contribution < 1.29 is 4.79 Å². The third-order valence-electron chi connectivity index (χ3n) is 4.68. The zero-order valence-electron chi connectivity index (χ0n) is 14.9. The fraction of sp³-hybridized carbons (Fsp3) is 0.526. The lowest BCUT2D eigenvalue weighted by Gasteiger charge is -2.36. The Hall–Kier alpha value is -1.79. The molecule has 6 heteroatoms. The summed E-state index contributed by atoms with van der Waals surface area (Å²) in [5.41, 5.74) is 1.24. The summed E-state index contributed by atoms with van der Waals surface area (Å²) in [5, 5.41) is 6.25. The number of pyridine rings is 1. The number of likely N-dealkylation sites (tertiary alicyclic amines) is 1. The molecule has 1 N–H and O–H groups in total. The summed E-state index contributed by atoms with van der Waals surface area (Å²) in [5.74, 6) is 0.474. The van der Waals surface area contributed by atoms with Crippen LogP contribution in [0.5, 0.6) is 0 Å². The molecule has 0 radical (unpaired) electrons. The van der Waals surface area contributed by atoms with E-state index in [0.717, 1.165) is 37.5 Å². The van der Waals surface area contributed by atoms with Gasteiger partial charge in [0.1, 0.15) is 5.01 Å². The van der Waals surface area contributed by atoms with Crippen LogP contribution >= 0.6 is 11.3 Å². The van der Waals surface area contributed by atoms with Gasteiger partial charge in [0.2, 0.25) is 5.91 Å². The molecule has 0 aliphatic carbocycles. The maximum atomic E-state index is 12.3. The Balaban J connectivity index is 1.70. The number of piperidine rings is 1. The van der Waals surface area contributed by atoms with Gasteiger partial charge in [0.15, 0.2) is 0 Å². The second kappa shape index (κ2) is 8.54. The van der Waals surface area contributed by atoms with Crippen LogP contribution < -0.4 is 5.32 Å². The topological polar surface area (TPSA) is 58.1 Å². The highest BCUT2D eigenvalue weighted by atomic mass is 32.1. The molecule has 5 nitrogen and oxygen atoms in total. The number of nitrogens with zero attached hydrogens (tertiary/aromatic N) is 3. The highest BCUT2D eigenvalue weighted by molar-refractivity contribution is 7.09. The Morgan fingerprint density at radius 1 is 1.44 bits per heavy atom. The Morgan fingerprint density at radius 3 is 3.00 bits per heavy atom. The lowest BCUT2D eigenvalue weighted by atomic mass is 9.90. The number of nitrogens with one attached hydrogen (secondary N) is 1. The summed E-state index contributed by atoms with van der Waals surface area (Å²) in [6, 6.07) is 4.11. The predicted octanol–water partition coefficient (Wildman–Crippen LogP) is 3.26. The third-order valence-corrected chi connectivity index (χ3v) is 5.54. The molecule has 1 saturated heterocycles. The van der Waals surface area contributed by atoms with Gasteiger partial charge in [-0.1, -0.05) is 19.9 Å². The van der Waals surface area contributed by atoms with Crippen LogP contribution in [-0.2, 0) is 11.3 Å². The van der Waals surface area contributed by atoms with E-state index < -0.39 is 0 Å². The number of thiazole rings is 1. The van der Waals surface area contributed by atoms with Crippen molar-refractivity contribution in [3.05, 3.63) is 46.7 Å². The molecule has 2 aromatic rings. The molecule has 1 amide bonds. The van der Waals surface area contributed by atoms with Crippen molar-refractivity contribution in [1.29, 1.82) is 0 Å². The van der Waals surface area contributed by atoms with E-state index in [1.807, 2.05) is 43.9 Å². The normalized spacial score (nSPS) is 19.7. The first-order valence-corrected chi connectivity index (χ1v) is 9.82. The fourth-order valence-electron chi connectivity index (χ4n) is 3.35. The molecular formula is C19H26N4OS. The minimum atomic E-state index is -0.0162. The van der Waals surface area contributed by atoms with E-state index in [9.17, 15) is 4.79 Å². The molecule has 0 saturated carbocycles. The Bertz CT molecular complexity index is 659. The van der Waals surface area contributed by atoms with Crippen LogP contribution in [0.15, 0.2) is 36.1 Å². The summed E-state index contributed by atoms with van der Waals surface area (Å²) in [6.45, 7) is 6.84. The van der Waals surface area contributed by atoms with E-state index in [2.05, 4.69) is 26.3 Å². The third kappa shape index (κ3) is 4.86. The molecule has 2 atom stereocenters. The van der Waals surface area contributed by atoms with Gasteiger partial charge in [-0.2, -0.15) is 0 Å². The minimum Gasteiger partial charge on any atom is -0.346 e. The van der Waals surface area contributed by atoms with Crippen molar-refractivity contribution in [2.75, 3.05) is 13.1 Å². The van der Waals surface area contributed by atoms with Gasteiger partial charge in [0.25, 0.3) is 0 Å². The van der Waals surface area contributed by atoms with Crippen LogP contribution in [0.4, 0.5) is 0 Å². The van der Waals surface area contributed by atoms with Gasteiger partial charge >= 0.3 is 0 Å². The molecule has 3 rings (SSSR count). The Morgan fingerprint density at radius 2 is 2.32 bits per heavy atom. The van der Waals surface area contributed by atoms with Crippen LogP contribution in [0.3, 0.4) is 0 Å². The van der Waals surface area contributed by atoms with Gasteiger partial charge in [-0.25, -0.2) is 4.98 Å². The Labute approximate surface area is 153 Å². The van der Waals surface area contributed by atoms with E-state index >= 15 is 0 Å². The number of aromatic nitrogens is 2. The van der Waals surface area contributed by atoms with Gasteiger partial charge in [-0.3, -0.25) is 14.7 Å². The van der Waals surface area contributed by atoms with Gasteiger partial charge in [0, 0.05) is 43.0 Å². The molecule has 134 valence electrons. The molecule has 0 spiro atoms. The maximum absolute atomic E-state index is 12.3. The van der Waals surface area contributed by atoms with Crippen LogP contribution in [0, 0.1) is 11.8 Å². The van der Waals surface area contributed by atoms with Crippen molar-refractivity contribution in [1.82, 2.24) is 20.2 Å². The standard InChI is InChI=1S/C19H26N4OS/c1-14(2)18(24)22-17(19-21-8-10-25-19)16-6-4-9-23(13-16)12-15-5-3-7-20-11-15/h3,5,7-8,10-11,14,16-17H,4,6,9,12-13H2,1-2H3,(H,22,24)/t16-,17+/m1/s1. The van der Waals surface area contributed by atoms with Crippen LogP contribution in [0.25, 0.3) is 0 Å². The van der Waals surface area contributed by atoms with E-state index in [0.29, 0.717) is 5.92 Å². The van der Waals surface area contributed by atoms with Crippen molar-refractivity contribution in [3.63, 3.8) is 0 Å². The number of carbonyl (C=O) groups is 1. The maximum Gasteiger partial charge on any atom is 0.223 e. The number of amides is 1. The SMILES string of the molecule is CC(C)C(=O)N[C@H](c1nccs1)[C@@H]1CCCN(Cc2cccnc2)C1. The minimum absolute atomic E-state index is 0.00611. The van der Waals surface area contributed by atoms with Gasteiger partial charge in [-0.05, 0) is 36.9 Å². The summed E-state index contributed by atoms with van der Waals surface area (Å²) in [7, 11) is 0. The zero-order chi connectivity index (χ0) is 17.6. The first-order valence-electron chi connectivity index (χ1n) is 8.94. The monoisotopic (exact) mass is 358 g/mol. The van der Waals surface area contributed by atoms with Crippen LogP contribution in [-0.4, -0.2) is 33.9 Å². The molecule has 3 heterocycles. The molecule has 25 heavy (non-hydrogen) atoms. The fourth-order valence-corrected chi connectivity index (χ4v) is 4.13. The summed E-state index contributed by atoms with van der Waals surface area (Å²) in [6.07, 6.45) is 7.83. The van der Waals surface area contributed by atoms with Crippen LogP contribution in [0.2, 0.25) is 0 Å².